The maximum absolute atomic E-state index is 12.6. The molecule has 2 aromatic rings. The van der Waals surface area contributed by atoms with Crippen molar-refractivity contribution in [3.8, 4) is 5.75 Å². The zero-order valence-electron chi connectivity index (χ0n) is 18.5. The number of ether oxygens (including phenoxy) is 2. The topological polar surface area (TPSA) is 83.1 Å². The van der Waals surface area contributed by atoms with E-state index in [9.17, 15) is 9.59 Å². The van der Waals surface area contributed by atoms with Crippen LogP contribution in [0.4, 0.5) is 11.4 Å². The first kappa shape index (κ1) is 23.5. The van der Waals surface area contributed by atoms with E-state index in [1.165, 1.54) is 7.11 Å². The van der Waals surface area contributed by atoms with Crippen molar-refractivity contribution in [1.82, 2.24) is 10.2 Å². The summed E-state index contributed by atoms with van der Waals surface area (Å²) in [6, 6.07) is 12.1. The molecule has 0 bridgehead atoms. The quantitative estimate of drug-likeness (QED) is 0.507. The predicted octanol–water partition coefficient (Wildman–Crippen LogP) is 2.75. The Bertz CT molecular complexity index is 972. The van der Waals surface area contributed by atoms with Crippen molar-refractivity contribution in [1.29, 1.82) is 0 Å². The average Bonchev–Trinajstić information content (AvgIpc) is 2.79. The van der Waals surface area contributed by atoms with Gasteiger partial charge in [0.05, 0.1) is 30.7 Å². The molecule has 1 aliphatic rings. The highest BCUT2D eigenvalue weighted by atomic mass is 32.1. The Morgan fingerprint density at radius 2 is 1.69 bits per heavy atom. The number of amides is 1. The smallest absolute Gasteiger partial charge is 0.337 e. The van der Waals surface area contributed by atoms with Crippen LogP contribution in [-0.4, -0.2) is 68.8 Å². The lowest BCUT2D eigenvalue weighted by atomic mass is 10.1. The number of benzene rings is 2. The molecule has 170 valence electrons. The lowest BCUT2D eigenvalue weighted by Crippen LogP contribution is -2.45. The fourth-order valence-electron chi connectivity index (χ4n) is 3.40. The molecule has 1 heterocycles. The summed E-state index contributed by atoms with van der Waals surface area (Å²) in [6.07, 6.45) is 0. The molecule has 0 radical (unpaired) electrons. The zero-order valence-corrected chi connectivity index (χ0v) is 19.3. The van der Waals surface area contributed by atoms with Gasteiger partial charge in [-0.05, 0) is 68.7 Å². The number of hydrogen-bond donors (Lipinski definition) is 2. The average molecular weight is 457 g/mol. The maximum Gasteiger partial charge on any atom is 0.337 e. The molecule has 3 rings (SSSR count). The van der Waals surface area contributed by atoms with Crippen LogP contribution in [0.15, 0.2) is 42.5 Å². The molecular formula is C23H28N4O4S. The van der Waals surface area contributed by atoms with Gasteiger partial charge in [0, 0.05) is 31.7 Å². The van der Waals surface area contributed by atoms with Gasteiger partial charge in [-0.1, -0.05) is 0 Å². The Labute approximate surface area is 193 Å². The number of anilines is 2. The van der Waals surface area contributed by atoms with Crippen LogP contribution in [0.3, 0.4) is 0 Å². The molecule has 1 aliphatic heterocycles. The highest BCUT2D eigenvalue weighted by molar-refractivity contribution is 7.80. The fourth-order valence-corrected chi connectivity index (χ4v) is 3.60. The molecule has 2 aromatic carbocycles. The minimum absolute atomic E-state index is 0.140. The largest absolute Gasteiger partial charge is 0.494 e. The normalized spacial score (nSPS) is 13.9. The molecular weight excluding hydrogens is 428 g/mol. The summed E-state index contributed by atoms with van der Waals surface area (Å²) in [6.45, 7) is 5.99. The Kier molecular flexibility index (Phi) is 8.02. The summed E-state index contributed by atoms with van der Waals surface area (Å²) in [5.74, 6) is -0.0840. The van der Waals surface area contributed by atoms with E-state index >= 15 is 0 Å². The Morgan fingerprint density at radius 1 is 1.03 bits per heavy atom. The van der Waals surface area contributed by atoms with E-state index in [0.29, 0.717) is 29.2 Å². The maximum atomic E-state index is 12.6. The number of thiocarbonyl (C=S) groups is 1. The first-order chi connectivity index (χ1) is 15.4. The van der Waals surface area contributed by atoms with Gasteiger partial charge in [0.15, 0.2) is 5.11 Å². The number of piperazine rings is 1. The van der Waals surface area contributed by atoms with Crippen LogP contribution in [0, 0.1) is 0 Å². The third kappa shape index (κ3) is 5.95. The molecule has 0 unspecified atom stereocenters. The van der Waals surface area contributed by atoms with E-state index in [2.05, 4.69) is 27.5 Å². The van der Waals surface area contributed by atoms with Crippen molar-refractivity contribution < 1.29 is 19.1 Å². The Morgan fingerprint density at radius 3 is 2.31 bits per heavy atom. The number of nitrogens with zero attached hydrogens (tertiary/aromatic N) is 2. The monoisotopic (exact) mass is 456 g/mol. The third-order valence-corrected chi connectivity index (χ3v) is 5.37. The Hall–Kier alpha value is -3.17. The van der Waals surface area contributed by atoms with Gasteiger partial charge in [0.1, 0.15) is 5.75 Å². The van der Waals surface area contributed by atoms with E-state index in [0.717, 1.165) is 31.9 Å². The summed E-state index contributed by atoms with van der Waals surface area (Å²) in [7, 11) is 3.42. The summed E-state index contributed by atoms with van der Waals surface area (Å²) in [5.41, 5.74) is 2.39. The highest BCUT2D eigenvalue weighted by Crippen LogP contribution is 2.28. The number of likely N-dealkylation sites (N-methyl/N-ethyl adjacent to an activating group) is 1. The standard InChI is InChI=1S/C23H28N4O4S/c1-4-31-18-8-5-16(6-9-18)21(28)25-23(32)24-19-15-17(22(29)30-3)7-10-20(19)27-13-11-26(2)12-14-27/h5-10,15H,4,11-14H2,1-3H3,(H2,24,25,28,32). The zero-order chi connectivity index (χ0) is 23.1. The summed E-state index contributed by atoms with van der Waals surface area (Å²) in [4.78, 5) is 29.1. The van der Waals surface area contributed by atoms with Gasteiger partial charge in [-0.2, -0.15) is 0 Å². The van der Waals surface area contributed by atoms with E-state index < -0.39 is 5.97 Å². The van der Waals surface area contributed by atoms with Crippen LogP contribution >= 0.6 is 12.2 Å². The molecule has 2 N–H and O–H groups in total. The van der Waals surface area contributed by atoms with Crippen molar-refractivity contribution in [2.75, 3.05) is 57.2 Å². The van der Waals surface area contributed by atoms with E-state index in [-0.39, 0.29) is 11.0 Å². The molecule has 9 heteroatoms. The first-order valence-corrected chi connectivity index (χ1v) is 10.8. The van der Waals surface area contributed by atoms with Crippen LogP contribution in [0.5, 0.6) is 5.75 Å². The summed E-state index contributed by atoms with van der Waals surface area (Å²) >= 11 is 5.39. The summed E-state index contributed by atoms with van der Waals surface area (Å²) in [5, 5.41) is 5.92. The SMILES string of the molecule is CCOc1ccc(C(=O)NC(=S)Nc2cc(C(=O)OC)ccc2N2CCN(C)CC2)cc1. The molecule has 1 fully saturated rings. The van der Waals surface area contributed by atoms with Gasteiger partial charge < -0.3 is 24.6 Å². The molecule has 32 heavy (non-hydrogen) atoms. The second kappa shape index (κ2) is 10.9. The predicted molar refractivity (Wildman–Crippen MR) is 129 cm³/mol. The molecule has 0 aromatic heterocycles. The Balaban J connectivity index is 1.75. The highest BCUT2D eigenvalue weighted by Gasteiger charge is 2.20. The number of nitrogens with one attached hydrogen (secondary N) is 2. The van der Waals surface area contributed by atoms with Gasteiger partial charge in [-0.25, -0.2) is 4.79 Å². The van der Waals surface area contributed by atoms with Crippen molar-refractivity contribution in [2.24, 2.45) is 0 Å². The fraction of sp³-hybridized carbons (Fsp3) is 0.348. The number of esters is 1. The van der Waals surface area contributed by atoms with Gasteiger partial charge in [0.25, 0.3) is 5.91 Å². The van der Waals surface area contributed by atoms with Crippen LogP contribution in [0.2, 0.25) is 0 Å². The molecule has 0 spiro atoms. The molecule has 1 saturated heterocycles. The second-order valence-corrected chi connectivity index (χ2v) is 7.79. The van der Waals surface area contributed by atoms with Crippen LogP contribution in [-0.2, 0) is 4.74 Å². The number of carbonyl (C=O) groups excluding carboxylic acids is 2. The molecule has 0 aliphatic carbocycles. The number of methoxy groups -OCH3 is 1. The lowest BCUT2D eigenvalue weighted by Gasteiger charge is -2.35. The van der Waals surface area contributed by atoms with Gasteiger partial charge in [0.2, 0.25) is 0 Å². The van der Waals surface area contributed by atoms with Crippen LogP contribution < -0.4 is 20.3 Å². The van der Waals surface area contributed by atoms with Crippen molar-refractivity contribution in [3.05, 3.63) is 53.6 Å². The molecule has 1 amide bonds. The van der Waals surface area contributed by atoms with Crippen molar-refractivity contribution in [2.45, 2.75) is 6.92 Å². The van der Waals surface area contributed by atoms with Crippen molar-refractivity contribution in [3.63, 3.8) is 0 Å². The number of carbonyl (C=O) groups is 2. The number of hydrogen-bond acceptors (Lipinski definition) is 7. The molecule has 0 atom stereocenters. The van der Waals surface area contributed by atoms with Gasteiger partial charge >= 0.3 is 5.97 Å². The summed E-state index contributed by atoms with van der Waals surface area (Å²) < 4.78 is 10.2. The minimum Gasteiger partial charge on any atom is -0.494 e. The van der Waals surface area contributed by atoms with E-state index in [1.807, 2.05) is 13.0 Å². The first-order valence-electron chi connectivity index (χ1n) is 10.4. The molecule has 0 saturated carbocycles. The lowest BCUT2D eigenvalue weighted by molar-refractivity contribution is 0.0600. The minimum atomic E-state index is -0.442. The van der Waals surface area contributed by atoms with Gasteiger partial charge in [-0.3, -0.25) is 10.1 Å². The number of rotatable bonds is 6. The van der Waals surface area contributed by atoms with Crippen molar-refractivity contribution >= 4 is 40.6 Å². The van der Waals surface area contributed by atoms with E-state index in [1.54, 1.807) is 36.4 Å². The van der Waals surface area contributed by atoms with Gasteiger partial charge in [-0.15, -0.1) is 0 Å². The van der Waals surface area contributed by atoms with E-state index in [4.69, 9.17) is 21.7 Å². The second-order valence-electron chi connectivity index (χ2n) is 7.38. The third-order valence-electron chi connectivity index (χ3n) is 5.16. The van der Waals surface area contributed by atoms with Crippen LogP contribution in [0.25, 0.3) is 0 Å². The van der Waals surface area contributed by atoms with Crippen LogP contribution in [0.1, 0.15) is 27.6 Å². The molecule has 8 nitrogen and oxygen atoms in total.